The van der Waals surface area contributed by atoms with Crippen molar-refractivity contribution in [2.24, 2.45) is 0 Å². The maximum absolute atomic E-state index is 3.62. The smallest absolute Gasteiger partial charge is 0.0215 e. The molecule has 16 heavy (non-hydrogen) atoms. The lowest BCUT2D eigenvalue weighted by Gasteiger charge is -2.39. The second-order valence-electron chi connectivity index (χ2n) is 5.16. The molecule has 1 aliphatic carbocycles. The molecule has 1 aliphatic heterocycles. The summed E-state index contributed by atoms with van der Waals surface area (Å²) in [5.74, 6) is 0. The number of thioether (sulfide) groups is 1. The first kappa shape index (κ1) is 12.7. The number of rotatable bonds is 4. The fourth-order valence-electron chi connectivity index (χ4n) is 3.36. The summed E-state index contributed by atoms with van der Waals surface area (Å²) < 4.78 is 0. The van der Waals surface area contributed by atoms with Gasteiger partial charge in [-0.1, -0.05) is 13.3 Å². The average Bonchev–Trinajstić information content (AvgIpc) is 2.78. The molecule has 1 N–H and O–H groups in total. The first-order valence-electron chi connectivity index (χ1n) is 6.85. The van der Waals surface area contributed by atoms with Crippen molar-refractivity contribution in [3.05, 3.63) is 0 Å². The van der Waals surface area contributed by atoms with E-state index in [2.05, 4.69) is 35.2 Å². The van der Waals surface area contributed by atoms with Crippen molar-refractivity contribution in [1.29, 1.82) is 0 Å². The molecule has 3 unspecified atom stereocenters. The second kappa shape index (κ2) is 6.27. The number of nitrogens with zero attached hydrogens (tertiary/aromatic N) is 1. The van der Waals surface area contributed by atoms with Gasteiger partial charge in [0.25, 0.3) is 0 Å². The molecule has 3 heteroatoms. The van der Waals surface area contributed by atoms with E-state index in [4.69, 9.17) is 0 Å². The number of nitrogens with one attached hydrogen (secondary N) is 1. The quantitative estimate of drug-likeness (QED) is 0.814. The van der Waals surface area contributed by atoms with E-state index in [1.807, 2.05) is 0 Å². The molecule has 1 saturated heterocycles. The van der Waals surface area contributed by atoms with Crippen molar-refractivity contribution < 1.29 is 0 Å². The van der Waals surface area contributed by atoms with Gasteiger partial charge < -0.3 is 5.32 Å². The molecule has 2 aliphatic rings. The van der Waals surface area contributed by atoms with E-state index in [0.717, 1.165) is 23.9 Å². The summed E-state index contributed by atoms with van der Waals surface area (Å²) in [7, 11) is 0. The average molecular weight is 242 g/mol. The van der Waals surface area contributed by atoms with Gasteiger partial charge in [-0.15, -0.1) is 0 Å². The predicted molar refractivity (Wildman–Crippen MR) is 73.2 cm³/mol. The van der Waals surface area contributed by atoms with E-state index in [-0.39, 0.29) is 0 Å². The van der Waals surface area contributed by atoms with E-state index < -0.39 is 0 Å². The lowest BCUT2D eigenvalue weighted by molar-refractivity contribution is 0.142. The number of likely N-dealkylation sites (tertiary alicyclic amines) is 1. The van der Waals surface area contributed by atoms with Crippen LogP contribution in [-0.2, 0) is 0 Å². The molecule has 0 spiro atoms. The standard InChI is InChI=1S/C13H26N2S/c1-3-14-11-6-5-9-15(10-11)12-7-4-8-13(12)16-2/h11-14H,3-10H2,1-2H3. The Hall–Kier alpha value is 0.270. The monoisotopic (exact) mass is 242 g/mol. The Bertz CT molecular complexity index is 208. The van der Waals surface area contributed by atoms with Crippen LogP contribution in [0.15, 0.2) is 0 Å². The summed E-state index contributed by atoms with van der Waals surface area (Å²) in [5, 5.41) is 4.53. The fraction of sp³-hybridized carbons (Fsp3) is 1.00. The van der Waals surface area contributed by atoms with Gasteiger partial charge in [0.1, 0.15) is 0 Å². The summed E-state index contributed by atoms with van der Waals surface area (Å²) >= 11 is 2.09. The fourth-order valence-corrected chi connectivity index (χ4v) is 4.39. The molecule has 1 heterocycles. The highest BCUT2D eigenvalue weighted by Gasteiger charge is 2.33. The van der Waals surface area contributed by atoms with Crippen LogP contribution in [0, 0.1) is 0 Å². The van der Waals surface area contributed by atoms with Crippen LogP contribution >= 0.6 is 11.8 Å². The molecule has 0 aromatic heterocycles. The molecule has 0 radical (unpaired) electrons. The molecule has 1 saturated carbocycles. The molecule has 2 fully saturated rings. The van der Waals surface area contributed by atoms with Crippen LogP contribution in [-0.4, -0.2) is 48.1 Å². The van der Waals surface area contributed by atoms with Crippen molar-refractivity contribution in [3.8, 4) is 0 Å². The van der Waals surface area contributed by atoms with Crippen LogP contribution in [0.1, 0.15) is 39.0 Å². The molecule has 0 amide bonds. The van der Waals surface area contributed by atoms with Crippen molar-refractivity contribution >= 4 is 11.8 Å². The van der Waals surface area contributed by atoms with E-state index in [9.17, 15) is 0 Å². The van der Waals surface area contributed by atoms with Crippen molar-refractivity contribution in [2.45, 2.75) is 56.4 Å². The number of piperidine rings is 1. The van der Waals surface area contributed by atoms with Gasteiger partial charge in [-0.3, -0.25) is 4.90 Å². The first-order valence-corrected chi connectivity index (χ1v) is 8.14. The lowest BCUT2D eigenvalue weighted by Crippen LogP contribution is -2.51. The number of hydrogen-bond donors (Lipinski definition) is 1. The highest BCUT2D eigenvalue weighted by atomic mass is 32.2. The lowest BCUT2D eigenvalue weighted by atomic mass is 10.0. The van der Waals surface area contributed by atoms with Crippen molar-refractivity contribution in [2.75, 3.05) is 25.9 Å². The molecule has 2 rings (SSSR count). The third-order valence-corrected chi connectivity index (χ3v) is 5.29. The Morgan fingerprint density at radius 2 is 2.12 bits per heavy atom. The minimum atomic E-state index is 0.752. The molecule has 0 aromatic rings. The number of likely N-dealkylation sites (N-methyl/N-ethyl adjacent to an activating group) is 1. The van der Waals surface area contributed by atoms with Crippen molar-refractivity contribution in [1.82, 2.24) is 10.2 Å². The summed E-state index contributed by atoms with van der Waals surface area (Å²) in [4.78, 5) is 2.77. The molecule has 0 bridgehead atoms. The van der Waals surface area contributed by atoms with Crippen LogP contribution < -0.4 is 5.32 Å². The maximum atomic E-state index is 3.62. The zero-order valence-electron chi connectivity index (χ0n) is 10.7. The topological polar surface area (TPSA) is 15.3 Å². The normalized spacial score (nSPS) is 36.8. The molecule has 94 valence electrons. The molecule has 3 atom stereocenters. The SMILES string of the molecule is CCNC1CCCN(C2CCCC2SC)C1. The summed E-state index contributed by atoms with van der Waals surface area (Å²) in [6.07, 6.45) is 9.36. The predicted octanol–water partition coefficient (Wildman–Crippen LogP) is 2.34. The van der Waals surface area contributed by atoms with Gasteiger partial charge in [0, 0.05) is 23.9 Å². The molecule has 0 aromatic carbocycles. The Labute approximate surface area is 105 Å². The third-order valence-electron chi connectivity index (χ3n) is 4.14. The summed E-state index contributed by atoms with van der Waals surface area (Å²) in [5.41, 5.74) is 0. The highest BCUT2D eigenvalue weighted by Crippen LogP contribution is 2.33. The first-order chi connectivity index (χ1) is 7.85. The zero-order valence-corrected chi connectivity index (χ0v) is 11.6. The highest BCUT2D eigenvalue weighted by molar-refractivity contribution is 7.99. The minimum absolute atomic E-state index is 0.752. The van der Waals surface area contributed by atoms with E-state index >= 15 is 0 Å². The van der Waals surface area contributed by atoms with Gasteiger partial charge in [-0.25, -0.2) is 0 Å². The van der Waals surface area contributed by atoms with Crippen molar-refractivity contribution in [3.63, 3.8) is 0 Å². The van der Waals surface area contributed by atoms with Crippen LogP contribution in [0.4, 0.5) is 0 Å². The zero-order chi connectivity index (χ0) is 11.4. The van der Waals surface area contributed by atoms with Crippen LogP contribution in [0.3, 0.4) is 0 Å². The van der Waals surface area contributed by atoms with Gasteiger partial charge in [-0.2, -0.15) is 11.8 Å². The largest absolute Gasteiger partial charge is 0.313 e. The number of hydrogen-bond acceptors (Lipinski definition) is 3. The minimum Gasteiger partial charge on any atom is -0.313 e. The Balaban J connectivity index is 1.88. The van der Waals surface area contributed by atoms with E-state index in [0.29, 0.717) is 0 Å². The van der Waals surface area contributed by atoms with Crippen LogP contribution in [0.2, 0.25) is 0 Å². The van der Waals surface area contributed by atoms with Crippen LogP contribution in [0.25, 0.3) is 0 Å². The maximum Gasteiger partial charge on any atom is 0.0215 e. The van der Waals surface area contributed by atoms with Crippen LogP contribution in [0.5, 0.6) is 0 Å². The Kier molecular flexibility index (Phi) is 4.98. The second-order valence-corrected chi connectivity index (χ2v) is 6.24. The van der Waals surface area contributed by atoms with Gasteiger partial charge in [0.2, 0.25) is 0 Å². The van der Waals surface area contributed by atoms with E-state index in [1.165, 1.54) is 45.2 Å². The Morgan fingerprint density at radius 3 is 2.88 bits per heavy atom. The van der Waals surface area contributed by atoms with E-state index in [1.54, 1.807) is 0 Å². The molecular formula is C13H26N2S. The van der Waals surface area contributed by atoms with Gasteiger partial charge in [0.05, 0.1) is 0 Å². The molecule has 2 nitrogen and oxygen atoms in total. The van der Waals surface area contributed by atoms with Gasteiger partial charge >= 0.3 is 0 Å². The van der Waals surface area contributed by atoms with Gasteiger partial charge in [-0.05, 0) is 45.0 Å². The molecular weight excluding hydrogens is 216 g/mol. The third kappa shape index (κ3) is 2.93. The Morgan fingerprint density at radius 1 is 1.25 bits per heavy atom. The van der Waals surface area contributed by atoms with Gasteiger partial charge in [0.15, 0.2) is 0 Å². The summed E-state index contributed by atoms with van der Waals surface area (Å²) in [6, 6.07) is 1.62. The summed E-state index contributed by atoms with van der Waals surface area (Å²) in [6.45, 7) is 5.97.